The van der Waals surface area contributed by atoms with Crippen LogP contribution in [0.5, 0.6) is 0 Å². The Balaban J connectivity index is 2.30. The number of nitrogens with one attached hydrogen (secondary N) is 1. The van der Waals surface area contributed by atoms with Gasteiger partial charge < -0.3 is 4.98 Å². The summed E-state index contributed by atoms with van der Waals surface area (Å²) in [6.07, 6.45) is 0. The number of thiophene rings is 2. The molecular weight excluding hydrogens is 314 g/mol. The highest BCUT2D eigenvalue weighted by Crippen LogP contribution is 2.40. The second-order valence-corrected chi connectivity index (χ2v) is 7.07. The number of para-hydroxylation sites is 1. The molecule has 0 saturated heterocycles. The first-order valence-corrected chi connectivity index (χ1v) is 7.83. The van der Waals surface area contributed by atoms with Gasteiger partial charge >= 0.3 is 0 Å². The van der Waals surface area contributed by atoms with E-state index in [-0.39, 0.29) is 5.56 Å². The number of carbonyl (C=O) groups excluding carboxylic acids is 1. The van der Waals surface area contributed by atoms with E-state index in [1.807, 2.05) is 24.3 Å². The summed E-state index contributed by atoms with van der Waals surface area (Å²) in [7, 11) is 0. The molecule has 0 aliphatic carbocycles. The van der Waals surface area contributed by atoms with Gasteiger partial charge in [0.15, 0.2) is 0 Å². The largest absolute Gasteiger partial charge is 0.321 e. The normalized spacial score (nSPS) is 11.7. The van der Waals surface area contributed by atoms with E-state index in [1.165, 1.54) is 22.7 Å². The molecule has 3 heterocycles. The van der Waals surface area contributed by atoms with Crippen LogP contribution < -0.4 is 5.56 Å². The maximum atomic E-state index is 12.1. The molecule has 0 fully saturated rings. The fourth-order valence-electron chi connectivity index (χ4n) is 2.40. The van der Waals surface area contributed by atoms with Gasteiger partial charge in [-0.05, 0) is 23.7 Å². The SMILES string of the molecule is O=C(Cl)c1cc2c(s1)sc1c(=O)[nH]c3ccccc3c12. The van der Waals surface area contributed by atoms with Crippen molar-refractivity contribution < 1.29 is 4.79 Å². The highest BCUT2D eigenvalue weighted by molar-refractivity contribution is 7.42. The summed E-state index contributed by atoms with van der Waals surface area (Å²) in [6, 6.07) is 9.44. The molecule has 4 aromatic rings. The van der Waals surface area contributed by atoms with Crippen LogP contribution in [0.1, 0.15) is 9.67 Å². The van der Waals surface area contributed by atoms with E-state index in [4.69, 9.17) is 11.6 Å². The summed E-state index contributed by atoms with van der Waals surface area (Å²) >= 11 is 8.28. The van der Waals surface area contributed by atoms with Crippen molar-refractivity contribution in [2.24, 2.45) is 0 Å². The first-order valence-electron chi connectivity index (χ1n) is 5.82. The Bertz CT molecular complexity index is 1060. The number of halogens is 1. The molecule has 0 bridgehead atoms. The molecule has 0 aliphatic heterocycles. The predicted molar refractivity (Wildman–Crippen MR) is 85.5 cm³/mol. The Hall–Kier alpha value is -1.69. The number of pyridine rings is 1. The number of rotatable bonds is 1. The van der Waals surface area contributed by atoms with E-state index in [0.717, 1.165) is 25.7 Å². The van der Waals surface area contributed by atoms with Crippen LogP contribution in [-0.4, -0.2) is 10.2 Å². The van der Waals surface area contributed by atoms with Crippen molar-refractivity contribution in [1.29, 1.82) is 0 Å². The number of aromatic amines is 1. The number of H-pyrrole nitrogens is 1. The summed E-state index contributed by atoms with van der Waals surface area (Å²) < 4.78 is 1.64. The number of benzene rings is 1. The van der Waals surface area contributed by atoms with Crippen LogP contribution >= 0.6 is 34.3 Å². The third kappa shape index (κ3) is 1.57. The fourth-order valence-corrected chi connectivity index (χ4v) is 4.91. The minimum Gasteiger partial charge on any atom is -0.321 e. The molecule has 0 atom stereocenters. The van der Waals surface area contributed by atoms with Crippen molar-refractivity contribution in [1.82, 2.24) is 4.98 Å². The van der Waals surface area contributed by atoms with Crippen LogP contribution in [0.25, 0.3) is 30.4 Å². The average molecular weight is 320 g/mol. The number of aromatic nitrogens is 1. The molecule has 0 radical (unpaired) electrons. The van der Waals surface area contributed by atoms with Gasteiger partial charge in [0.25, 0.3) is 10.8 Å². The molecule has 98 valence electrons. The van der Waals surface area contributed by atoms with Crippen LogP contribution in [0, 0.1) is 0 Å². The zero-order chi connectivity index (χ0) is 13.9. The predicted octanol–water partition coefficient (Wildman–Crippen LogP) is 4.34. The topological polar surface area (TPSA) is 49.9 Å². The quantitative estimate of drug-likeness (QED) is 0.531. The molecule has 0 aliphatic rings. The van der Waals surface area contributed by atoms with Crippen molar-refractivity contribution in [3.8, 4) is 0 Å². The minimum absolute atomic E-state index is 0.0918. The van der Waals surface area contributed by atoms with Crippen molar-refractivity contribution >= 4 is 69.9 Å². The molecule has 0 spiro atoms. The molecule has 4 rings (SSSR count). The molecule has 0 amide bonds. The molecule has 3 aromatic heterocycles. The van der Waals surface area contributed by atoms with Crippen LogP contribution in [-0.2, 0) is 0 Å². The van der Waals surface area contributed by atoms with Gasteiger partial charge in [-0.2, -0.15) is 0 Å². The Morgan fingerprint density at radius 3 is 2.75 bits per heavy atom. The third-order valence-electron chi connectivity index (χ3n) is 3.23. The Morgan fingerprint density at radius 2 is 1.95 bits per heavy atom. The summed E-state index contributed by atoms with van der Waals surface area (Å²) in [5.74, 6) is 0. The van der Waals surface area contributed by atoms with E-state index in [1.54, 1.807) is 6.07 Å². The van der Waals surface area contributed by atoms with Crippen LogP contribution in [0.4, 0.5) is 0 Å². The summed E-state index contributed by atoms with van der Waals surface area (Å²) in [5.41, 5.74) is 0.709. The molecular formula is C14H6ClNO2S2. The number of fused-ring (bicyclic) bond motifs is 5. The highest BCUT2D eigenvalue weighted by atomic mass is 35.5. The lowest BCUT2D eigenvalue weighted by atomic mass is 10.1. The van der Waals surface area contributed by atoms with Crippen LogP contribution in [0.3, 0.4) is 0 Å². The lowest BCUT2D eigenvalue weighted by Crippen LogP contribution is -2.03. The smallest absolute Gasteiger partial charge is 0.266 e. The van der Waals surface area contributed by atoms with Gasteiger partial charge in [-0.25, -0.2) is 0 Å². The number of carbonyl (C=O) groups is 1. The van der Waals surface area contributed by atoms with E-state index in [0.29, 0.717) is 9.58 Å². The van der Waals surface area contributed by atoms with Crippen molar-refractivity contribution in [2.75, 3.05) is 0 Å². The van der Waals surface area contributed by atoms with Gasteiger partial charge in [-0.3, -0.25) is 9.59 Å². The van der Waals surface area contributed by atoms with Crippen LogP contribution in [0.2, 0.25) is 0 Å². The summed E-state index contributed by atoms with van der Waals surface area (Å²) in [4.78, 5) is 26.8. The monoisotopic (exact) mass is 319 g/mol. The summed E-state index contributed by atoms with van der Waals surface area (Å²) in [5, 5.41) is 2.37. The Labute approximate surface area is 125 Å². The van der Waals surface area contributed by atoms with Gasteiger partial charge in [0.2, 0.25) is 0 Å². The number of hydrogen-bond acceptors (Lipinski definition) is 4. The molecule has 20 heavy (non-hydrogen) atoms. The molecule has 0 unspecified atom stereocenters. The van der Waals surface area contributed by atoms with Gasteiger partial charge in [-0.15, -0.1) is 22.7 Å². The lowest BCUT2D eigenvalue weighted by Gasteiger charge is -1.99. The van der Waals surface area contributed by atoms with Gasteiger partial charge in [0, 0.05) is 21.7 Å². The average Bonchev–Trinajstić information content (AvgIpc) is 2.96. The van der Waals surface area contributed by atoms with Gasteiger partial charge in [-0.1, -0.05) is 18.2 Å². The standard InChI is InChI=1S/C14H6ClNO2S2/c15-12(17)9-5-7-10-6-3-1-2-4-8(6)16-13(18)11(10)20-14(7)19-9/h1-5H,(H,16,18). The first kappa shape index (κ1) is 12.1. The summed E-state index contributed by atoms with van der Waals surface area (Å²) in [6.45, 7) is 0. The van der Waals surface area contributed by atoms with Crippen molar-refractivity contribution in [3.63, 3.8) is 0 Å². The Morgan fingerprint density at radius 1 is 1.15 bits per heavy atom. The van der Waals surface area contributed by atoms with E-state index in [9.17, 15) is 9.59 Å². The van der Waals surface area contributed by atoms with E-state index < -0.39 is 5.24 Å². The molecule has 0 saturated carbocycles. The van der Waals surface area contributed by atoms with Crippen LogP contribution in [0.15, 0.2) is 35.1 Å². The molecule has 6 heteroatoms. The van der Waals surface area contributed by atoms with Gasteiger partial charge in [0.1, 0.15) is 4.70 Å². The maximum absolute atomic E-state index is 12.1. The third-order valence-corrected chi connectivity index (χ3v) is 5.98. The minimum atomic E-state index is -0.458. The van der Waals surface area contributed by atoms with Crippen molar-refractivity contribution in [2.45, 2.75) is 0 Å². The maximum Gasteiger partial charge on any atom is 0.266 e. The zero-order valence-corrected chi connectivity index (χ0v) is 12.3. The van der Waals surface area contributed by atoms with E-state index >= 15 is 0 Å². The number of hydrogen-bond donors (Lipinski definition) is 1. The molecule has 1 aromatic carbocycles. The Kier molecular flexibility index (Phi) is 2.51. The molecule has 1 N–H and O–H groups in total. The second kappa shape index (κ2) is 4.15. The fraction of sp³-hybridized carbons (Fsp3) is 0. The molecule has 3 nitrogen and oxygen atoms in total. The lowest BCUT2D eigenvalue weighted by molar-refractivity contribution is 0.108. The first-order chi connectivity index (χ1) is 9.65. The van der Waals surface area contributed by atoms with Crippen molar-refractivity contribution in [3.05, 3.63) is 45.6 Å². The second-order valence-electron chi connectivity index (χ2n) is 4.39. The highest BCUT2D eigenvalue weighted by Gasteiger charge is 2.16. The van der Waals surface area contributed by atoms with Gasteiger partial charge in [0.05, 0.1) is 8.89 Å². The van der Waals surface area contributed by atoms with E-state index in [2.05, 4.69) is 4.98 Å². The zero-order valence-electron chi connectivity index (χ0n) is 9.90.